The quantitative estimate of drug-likeness (QED) is 0.180. The number of benzene rings is 3. The number of carbonyl (C=O) groups excluding carboxylic acids is 4. The molecular formula is C41H41Cl2N3O7. The van der Waals surface area contributed by atoms with Gasteiger partial charge in [0, 0.05) is 17.0 Å². The van der Waals surface area contributed by atoms with Gasteiger partial charge in [-0.1, -0.05) is 72.3 Å². The summed E-state index contributed by atoms with van der Waals surface area (Å²) < 4.78 is 11.3. The molecule has 3 aliphatic carbocycles. The van der Waals surface area contributed by atoms with Crippen LogP contribution in [-0.4, -0.2) is 58.4 Å². The van der Waals surface area contributed by atoms with Gasteiger partial charge in [0.1, 0.15) is 5.75 Å². The molecule has 0 spiro atoms. The fourth-order valence-corrected chi connectivity index (χ4v) is 10.4. The van der Waals surface area contributed by atoms with Crippen molar-refractivity contribution in [2.75, 3.05) is 19.1 Å². The predicted octanol–water partition coefficient (Wildman–Crippen LogP) is 7.42. The van der Waals surface area contributed by atoms with Crippen molar-refractivity contribution in [3.8, 4) is 17.2 Å². The summed E-state index contributed by atoms with van der Waals surface area (Å²) in [5.74, 6) is -4.00. The Balaban J connectivity index is 1.33. The summed E-state index contributed by atoms with van der Waals surface area (Å²) in [6.45, 7) is 2.10. The molecule has 5 aliphatic rings. The van der Waals surface area contributed by atoms with Gasteiger partial charge < -0.3 is 14.6 Å². The molecule has 3 aromatic carbocycles. The Morgan fingerprint density at radius 3 is 2.36 bits per heavy atom. The monoisotopic (exact) mass is 757 g/mol. The number of hydrazine groups is 1. The maximum absolute atomic E-state index is 15.5. The zero-order chi connectivity index (χ0) is 37.2. The second kappa shape index (κ2) is 13.7. The van der Waals surface area contributed by atoms with Crippen LogP contribution < -0.4 is 14.9 Å². The molecule has 2 saturated heterocycles. The fourth-order valence-electron chi connectivity index (χ4n) is 9.92. The van der Waals surface area contributed by atoms with E-state index in [0.29, 0.717) is 34.0 Å². The molecule has 2 N–H and O–H groups in total. The van der Waals surface area contributed by atoms with E-state index in [1.807, 2.05) is 25.1 Å². The third kappa shape index (κ3) is 5.51. The second-order valence-electron chi connectivity index (χ2n) is 14.7. The number of nitrogens with zero attached hydrogens (tertiary/aromatic N) is 2. The molecule has 0 radical (unpaired) electrons. The van der Waals surface area contributed by atoms with Gasteiger partial charge in [-0.15, -0.1) is 0 Å². The molecule has 6 unspecified atom stereocenters. The van der Waals surface area contributed by atoms with Crippen LogP contribution in [0.4, 0.5) is 5.69 Å². The molecule has 4 fully saturated rings. The summed E-state index contributed by atoms with van der Waals surface area (Å²) >= 11 is 12.8. The molecule has 0 aromatic heterocycles. The van der Waals surface area contributed by atoms with Crippen LogP contribution in [0.25, 0.3) is 0 Å². The smallest absolute Gasteiger partial charge is 0.260 e. The lowest BCUT2D eigenvalue weighted by Gasteiger charge is -2.50. The minimum Gasteiger partial charge on any atom is -0.504 e. The molecule has 2 heterocycles. The number of halogens is 2. The normalized spacial score (nSPS) is 28.4. The first-order valence-electron chi connectivity index (χ1n) is 18.4. The van der Waals surface area contributed by atoms with Gasteiger partial charge in [0.2, 0.25) is 11.8 Å². The summed E-state index contributed by atoms with van der Waals surface area (Å²) in [5.41, 5.74) is 3.87. The van der Waals surface area contributed by atoms with Crippen LogP contribution >= 0.6 is 23.2 Å². The summed E-state index contributed by atoms with van der Waals surface area (Å²) in [6, 6.07) is 16.8. The minimum atomic E-state index is -1.51. The zero-order valence-corrected chi connectivity index (χ0v) is 31.0. The van der Waals surface area contributed by atoms with Gasteiger partial charge in [-0.3, -0.25) is 29.5 Å². The minimum absolute atomic E-state index is 0.0649. The van der Waals surface area contributed by atoms with E-state index >= 15 is 4.79 Å². The average molecular weight is 759 g/mol. The highest BCUT2D eigenvalue weighted by molar-refractivity contribution is 6.36. The molecule has 2 saturated carbocycles. The van der Waals surface area contributed by atoms with E-state index in [0.717, 1.165) is 42.7 Å². The van der Waals surface area contributed by atoms with Crippen molar-refractivity contribution in [1.29, 1.82) is 0 Å². The number of amides is 4. The molecule has 53 heavy (non-hydrogen) atoms. The fraction of sp³-hybridized carbons (Fsp3) is 0.415. The van der Waals surface area contributed by atoms with E-state index in [1.165, 1.54) is 17.0 Å². The highest BCUT2D eigenvalue weighted by Gasteiger charge is 2.70. The van der Waals surface area contributed by atoms with Crippen molar-refractivity contribution in [1.82, 2.24) is 9.91 Å². The first-order chi connectivity index (χ1) is 25.6. The number of imide groups is 2. The van der Waals surface area contributed by atoms with Crippen LogP contribution in [0.3, 0.4) is 0 Å². The topological polar surface area (TPSA) is 125 Å². The van der Waals surface area contributed by atoms with E-state index in [4.69, 9.17) is 32.7 Å². The highest BCUT2D eigenvalue weighted by Crippen LogP contribution is 2.64. The van der Waals surface area contributed by atoms with Crippen molar-refractivity contribution in [3.05, 3.63) is 93.5 Å². The lowest BCUT2D eigenvalue weighted by molar-refractivity contribution is -0.144. The van der Waals surface area contributed by atoms with Crippen molar-refractivity contribution in [2.24, 2.45) is 23.7 Å². The van der Waals surface area contributed by atoms with Gasteiger partial charge in [-0.05, 0) is 92.1 Å². The number of phenols is 1. The molecule has 8 rings (SSSR count). The number of aromatic hydroxyl groups is 1. The molecule has 2 aliphatic heterocycles. The Hall–Kier alpha value is -4.54. The first-order valence-corrected chi connectivity index (χ1v) is 19.1. The standard InChI is InChI=1S/C41H41Cl2N3O7/c1-3-53-34-19-22(9-18-33(34)47)36-27-15-16-28-35(39(50)45(37(28)48)25-7-5-4-6-8-25)29(27)21-30-38(49)46(44-32-17-12-24(42)20-31(32)43)40(51)41(30,36)23-10-13-26(52-2)14-11-23/h9-15,17-20,25,28-30,35-36,44,47H,3-8,16,21H2,1-2H3. The Labute approximate surface area is 318 Å². The number of phenolic OH excluding ortho intramolecular Hbond substituents is 1. The average Bonchev–Trinajstić information content (AvgIpc) is 3.54. The van der Waals surface area contributed by atoms with Crippen LogP contribution in [0.1, 0.15) is 68.9 Å². The van der Waals surface area contributed by atoms with E-state index in [1.54, 1.807) is 43.5 Å². The maximum atomic E-state index is 15.5. The number of fused-ring (bicyclic) bond motifs is 4. The number of rotatable bonds is 8. The lowest BCUT2D eigenvalue weighted by atomic mass is 9.49. The van der Waals surface area contributed by atoms with Crippen LogP contribution in [0.5, 0.6) is 17.2 Å². The van der Waals surface area contributed by atoms with Crippen molar-refractivity contribution >= 4 is 52.5 Å². The number of methoxy groups -OCH3 is 1. The summed E-state index contributed by atoms with van der Waals surface area (Å²) in [4.78, 5) is 60.6. The van der Waals surface area contributed by atoms with E-state index in [2.05, 4.69) is 5.43 Å². The van der Waals surface area contributed by atoms with Gasteiger partial charge >= 0.3 is 0 Å². The molecular weight excluding hydrogens is 717 g/mol. The number of hydrogen-bond acceptors (Lipinski definition) is 8. The van der Waals surface area contributed by atoms with E-state index in [9.17, 15) is 19.5 Å². The SMILES string of the molecule is CCOc1cc(C2C3=CCC4C(=O)N(C5CCCCC5)C(=O)C4C3CC3C(=O)N(Nc4ccc(Cl)cc4Cl)C(=O)C32c2ccc(OC)cc2)ccc1O. The zero-order valence-electron chi connectivity index (χ0n) is 29.5. The predicted molar refractivity (Wildman–Crippen MR) is 199 cm³/mol. The Bertz CT molecular complexity index is 2030. The van der Waals surface area contributed by atoms with Crippen molar-refractivity contribution < 1.29 is 33.8 Å². The van der Waals surface area contributed by atoms with Crippen LogP contribution in [-0.2, 0) is 24.6 Å². The molecule has 10 nitrogen and oxygen atoms in total. The van der Waals surface area contributed by atoms with Crippen LogP contribution in [0.2, 0.25) is 10.0 Å². The van der Waals surface area contributed by atoms with Crippen molar-refractivity contribution in [2.45, 2.75) is 69.2 Å². The van der Waals surface area contributed by atoms with Crippen LogP contribution in [0, 0.1) is 23.7 Å². The highest BCUT2D eigenvalue weighted by atomic mass is 35.5. The third-order valence-corrected chi connectivity index (χ3v) is 12.7. The third-order valence-electron chi connectivity index (χ3n) is 12.2. The van der Waals surface area contributed by atoms with Gasteiger partial charge in [-0.2, -0.15) is 5.01 Å². The summed E-state index contributed by atoms with van der Waals surface area (Å²) in [6.07, 6.45) is 7.15. The van der Waals surface area contributed by atoms with Crippen LogP contribution in [0.15, 0.2) is 72.3 Å². The van der Waals surface area contributed by atoms with Gasteiger partial charge in [0.15, 0.2) is 11.5 Å². The number of nitrogens with one attached hydrogen (secondary N) is 1. The molecule has 4 amide bonds. The summed E-state index contributed by atoms with van der Waals surface area (Å²) in [5, 5.41) is 12.5. The second-order valence-corrected chi connectivity index (χ2v) is 15.6. The van der Waals surface area contributed by atoms with Gasteiger partial charge in [0.05, 0.1) is 47.6 Å². The Morgan fingerprint density at radius 2 is 1.66 bits per heavy atom. The number of carbonyl (C=O) groups is 4. The maximum Gasteiger partial charge on any atom is 0.260 e. The lowest BCUT2D eigenvalue weighted by Crippen LogP contribution is -2.53. The first kappa shape index (κ1) is 35.5. The largest absolute Gasteiger partial charge is 0.504 e. The Morgan fingerprint density at radius 1 is 0.906 bits per heavy atom. The Kier molecular flexibility index (Phi) is 9.18. The van der Waals surface area contributed by atoms with E-state index < -0.39 is 46.8 Å². The number of likely N-dealkylation sites (tertiary alicyclic amines) is 1. The van der Waals surface area contributed by atoms with Crippen molar-refractivity contribution in [3.63, 3.8) is 0 Å². The number of hydrogen-bond donors (Lipinski definition) is 2. The van der Waals surface area contributed by atoms with E-state index in [-0.39, 0.29) is 47.4 Å². The molecule has 0 bridgehead atoms. The summed E-state index contributed by atoms with van der Waals surface area (Å²) in [7, 11) is 1.56. The molecule has 276 valence electrons. The number of ether oxygens (including phenoxy) is 2. The van der Waals surface area contributed by atoms with Gasteiger partial charge in [-0.25, -0.2) is 0 Å². The number of allylic oxidation sites excluding steroid dienone is 2. The molecule has 12 heteroatoms. The van der Waals surface area contributed by atoms with Gasteiger partial charge in [0.25, 0.3) is 11.8 Å². The molecule has 6 atom stereocenters. The molecule has 3 aromatic rings. The number of anilines is 1.